The number of rotatable bonds is 4. The number of hydrogen-bond acceptors (Lipinski definition) is 4. The molecule has 1 amide bonds. The average Bonchev–Trinajstić information content (AvgIpc) is 2.84. The van der Waals surface area contributed by atoms with Gasteiger partial charge >= 0.3 is 6.18 Å². The van der Waals surface area contributed by atoms with Crippen LogP contribution in [0.4, 0.5) is 13.2 Å². The van der Waals surface area contributed by atoms with Gasteiger partial charge in [-0.15, -0.1) is 10.2 Å². The number of aromatic nitrogens is 3. The topological polar surface area (TPSA) is 71.3 Å². The summed E-state index contributed by atoms with van der Waals surface area (Å²) in [5.74, 6) is 0.266. The van der Waals surface area contributed by atoms with Crippen molar-refractivity contribution in [3.8, 4) is 0 Å². The lowest BCUT2D eigenvalue weighted by molar-refractivity contribution is -0.138. The molecule has 1 saturated heterocycles. The normalized spacial score (nSPS) is 17.0. The van der Waals surface area contributed by atoms with Crippen LogP contribution in [0.2, 0.25) is 0 Å². The van der Waals surface area contributed by atoms with Gasteiger partial charge < -0.3 is 10.6 Å². The average molecular weight is 327 g/mol. The standard InChI is InChI=1S/C14H16F3N5O/c1-8(9-4-18-5-9)13(23)19-6-12-21-20-11-3-2-10(7-22(11)12)14(15,16)17/h2-3,7-9,18H,4-6H2,1H3,(H,19,23). The molecular formula is C14H16F3N5O. The minimum Gasteiger partial charge on any atom is -0.349 e. The molecule has 1 fully saturated rings. The number of alkyl halides is 3. The predicted molar refractivity (Wildman–Crippen MR) is 75.4 cm³/mol. The Kier molecular flexibility index (Phi) is 3.97. The van der Waals surface area contributed by atoms with E-state index in [9.17, 15) is 18.0 Å². The van der Waals surface area contributed by atoms with Crippen LogP contribution >= 0.6 is 0 Å². The van der Waals surface area contributed by atoms with E-state index in [4.69, 9.17) is 0 Å². The molecule has 1 unspecified atom stereocenters. The highest BCUT2D eigenvalue weighted by molar-refractivity contribution is 5.78. The van der Waals surface area contributed by atoms with Gasteiger partial charge in [0.2, 0.25) is 5.91 Å². The highest BCUT2D eigenvalue weighted by atomic mass is 19.4. The van der Waals surface area contributed by atoms with Gasteiger partial charge in [-0.05, 0) is 31.1 Å². The van der Waals surface area contributed by atoms with Crippen molar-refractivity contribution in [2.75, 3.05) is 13.1 Å². The summed E-state index contributed by atoms with van der Waals surface area (Å²) >= 11 is 0. The molecule has 3 heterocycles. The maximum absolute atomic E-state index is 12.8. The van der Waals surface area contributed by atoms with E-state index in [1.165, 1.54) is 10.5 Å². The smallest absolute Gasteiger partial charge is 0.349 e. The van der Waals surface area contributed by atoms with Crippen LogP contribution in [0.5, 0.6) is 0 Å². The third kappa shape index (κ3) is 3.14. The Bertz CT molecular complexity index is 723. The van der Waals surface area contributed by atoms with E-state index in [-0.39, 0.29) is 24.2 Å². The SMILES string of the molecule is CC(C(=O)NCc1nnc2ccc(C(F)(F)F)cn12)C1CNC1. The molecule has 0 aromatic carbocycles. The van der Waals surface area contributed by atoms with Gasteiger partial charge in [0.05, 0.1) is 12.1 Å². The van der Waals surface area contributed by atoms with E-state index >= 15 is 0 Å². The Labute approximate surface area is 130 Å². The minimum absolute atomic E-state index is 0.0335. The second kappa shape index (κ2) is 5.80. The van der Waals surface area contributed by atoms with Gasteiger partial charge in [-0.2, -0.15) is 13.2 Å². The molecule has 0 saturated carbocycles. The summed E-state index contributed by atoms with van der Waals surface area (Å²) in [4.78, 5) is 12.1. The van der Waals surface area contributed by atoms with E-state index < -0.39 is 11.7 Å². The molecule has 1 aliphatic rings. The summed E-state index contributed by atoms with van der Waals surface area (Å²) in [5, 5.41) is 13.5. The molecule has 3 rings (SSSR count). The maximum Gasteiger partial charge on any atom is 0.417 e. The Balaban J connectivity index is 1.73. The molecule has 2 N–H and O–H groups in total. The second-order valence-electron chi connectivity index (χ2n) is 5.68. The van der Waals surface area contributed by atoms with Crippen molar-refractivity contribution in [3.63, 3.8) is 0 Å². The van der Waals surface area contributed by atoms with Crippen molar-refractivity contribution in [1.29, 1.82) is 0 Å². The van der Waals surface area contributed by atoms with Crippen LogP contribution in [0.3, 0.4) is 0 Å². The molecule has 2 aromatic heterocycles. The van der Waals surface area contributed by atoms with Crippen LogP contribution < -0.4 is 10.6 Å². The number of nitrogens with one attached hydrogen (secondary N) is 2. The number of fused-ring (bicyclic) bond motifs is 1. The third-order valence-corrected chi connectivity index (χ3v) is 4.15. The van der Waals surface area contributed by atoms with Crippen molar-refractivity contribution in [1.82, 2.24) is 25.2 Å². The first-order chi connectivity index (χ1) is 10.9. The van der Waals surface area contributed by atoms with Crippen LogP contribution in [0.25, 0.3) is 5.65 Å². The highest BCUT2D eigenvalue weighted by Crippen LogP contribution is 2.29. The van der Waals surface area contributed by atoms with Gasteiger partial charge in [0.1, 0.15) is 0 Å². The molecule has 0 bridgehead atoms. The van der Waals surface area contributed by atoms with Crippen LogP contribution in [-0.2, 0) is 17.5 Å². The van der Waals surface area contributed by atoms with Crippen LogP contribution in [0.15, 0.2) is 18.3 Å². The van der Waals surface area contributed by atoms with E-state index in [0.717, 1.165) is 25.4 Å². The van der Waals surface area contributed by atoms with Gasteiger partial charge in [0.15, 0.2) is 11.5 Å². The van der Waals surface area contributed by atoms with E-state index in [1.54, 1.807) is 0 Å². The quantitative estimate of drug-likeness (QED) is 0.886. The lowest BCUT2D eigenvalue weighted by Crippen LogP contribution is -2.49. The molecule has 0 radical (unpaired) electrons. The van der Waals surface area contributed by atoms with Crippen molar-refractivity contribution < 1.29 is 18.0 Å². The summed E-state index contributed by atoms with van der Waals surface area (Å²) in [6, 6.07) is 2.21. The first kappa shape index (κ1) is 15.7. The molecule has 6 nitrogen and oxygen atoms in total. The van der Waals surface area contributed by atoms with Crippen LogP contribution in [0, 0.1) is 11.8 Å². The fourth-order valence-corrected chi connectivity index (χ4v) is 2.43. The molecular weight excluding hydrogens is 311 g/mol. The molecule has 23 heavy (non-hydrogen) atoms. The molecule has 124 valence electrons. The zero-order valence-corrected chi connectivity index (χ0v) is 12.4. The Morgan fingerprint density at radius 1 is 1.43 bits per heavy atom. The fourth-order valence-electron chi connectivity index (χ4n) is 2.43. The lowest BCUT2D eigenvalue weighted by Gasteiger charge is -2.31. The monoisotopic (exact) mass is 327 g/mol. The number of carbonyl (C=O) groups excluding carboxylic acids is 1. The Morgan fingerprint density at radius 2 is 2.17 bits per heavy atom. The zero-order chi connectivity index (χ0) is 16.6. The van der Waals surface area contributed by atoms with Crippen LogP contribution in [-0.4, -0.2) is 33.6 Å². The number of carbonyl (C=O) groups is 1. The first-order valence-corrected chi connectivity index (χ1v) is 7.25. The van der Waals surface area contributed by atoms with Crippen molar-refractivity contribution in [2.24, 2.45) is 11.8 Å². The Hall–Kier alpha value is -2.16. The second-order valence-corrected chi connectivity index (χ2v) is 5.68. The van der Waals surface area contributed by atoms with Crippen molar-refractivity contribution in [2.45, 2.75) is 19.6 Å². The highest BCUT2D eigenvalue weighted by Gasteiger charge is 2.31. The largest absolute Gasteiger partial charge is 0.417 e. The Morgan fingerprint density at radius 3 is 2.78 bits per heavy atom. The molecule has 0 aliphatic carbocycles. The van der Waals surface area contributed by atoms with Crippen molar-refractivity contribution >= 4 is 11.6 Å². The van der Waals surface area contributed by atoms with E-state index in [2.05, 4.69) is 20.8 Å². The van der Waals surface area contributed by atoms with Crippen molar-refractivity contribution in [3.05, 3.63) is 29.7 Å². The van der Waals surface area contributed by atoms with E-state index in [1.807, 2.05) is 6.92 Å². The van der Waals surface area contributed by atoms with Gasteiger partial charge in [0.25, 0.3) is 0 Å². The summed E-state index contributed by atoms with van der Waals surface area (Å²) < 4.78 is 39.6. The van der Waals surface area contributed by atoms with Gasteiger partial charge in [-0.3, -0.25) is 9.20 Å². The van der Waals surface area contributed by atoms with Gasteiger partial charge in [-0.25, -0.2) is 0 Å². The molecule has 0 spiro atoms. The summed E-state index contributed by atoms with van der Waals surface area (Å²) in [7, 11) is 0. The maximum atomic E-state index is 12.8. The number of halogens is 3. The fraction of sp³-hybridized carbons (Fsp3) is 0.500. The summed E-state index contributed by atoms with van der Waals surface area (Å²) in [6.45, 7) is 3.48. The summed E-state index contributed by atoms with van der Waals surface area (Å²) in [6.07, 6.45) is -3.50. The summed E-state index contributed by atoms with van der Waals surface area (Å²) in [5.41, 5.74) is -0.482. The van der Waals surface area contributed by atoms with Gasteiger partial charge in [0, 0.05) is 12.1 Å². The molecule has 1 aliphatic heterocycles. The number of pyridine rings is 1. The molecule has 1 atom stereocenters. The zero-order valence-electron chi connectivity index (χ0n) is 12.4. The first-order valence-electron chi connectivity index (χ1n) is 7.25. The van der Waals surface area contributed by atoms with E-state index in [0.29, 0.717) is 11.6 Å². The minimum atomic E-state index is -4.44. The number of hydrogen-bond donors (Lipinski definition) is 2. The van der Waals surface area contributed by atoms with Gasteiger partial charge in [-0.1, -0.05) is 6.92 Å². The third-order valence-electron chi connectivity index (χ3n) is 4.15. The molecule has 9 heteroatoms. The van der Waals surface area contributed by atoms with Crippen LogP contribution in [0.1, 0.15) is 18.3 Å². The molecule has 2 aromatic rings. The predicted octanol–water partition coefficient (Wildman–Crippen LogP) is 1.22. The number of nitrogens with zero attached hydrogens (tertiary/aromatic N) is 3. The lowest BCUT2D eigenvalue weighted by atomic mass is 9.88. The number of amides is 1.